The minimum Gasteiger partial charge on any atom is -0.593 e. The number of aromatic nitrogens is 1. The van der Waals surface area contributed by atoms with Gasteiger partial charge in [-0.1, -0.05) is 0 Å². The van der Waals surface area contributed by atoms with Gasteiger partial charge in [0.2, 0.25) is 10.6 Å². The molecule has 4 rings (SSSR count). The second-order valence-electron chi connectivity index (χ2n) is 7.87. The molecule has 9 nitrogen and oxygen atoms in total. The number of benzene rings is 1. The Labute approximate surface area is 188 Å². The number of halogens is 1. The number of hydrogen-bond acceptors (Lipinski definition) is 6. The van der Waals surface area contributed by atoms with Gasteiger partial charge in [-0.15, -0.1) is 4.72 Å². The SMILES string of the molecule is CCOC(=O)N1CC2COc3c(cn(C)c3C(=O)Nc3ccc(F)c(C)c3)[S+]([O-])NC2C1. The van der Waals surface area contributed by atoms with Crippen LogP contribution in [0.2, 0.25) is 0 Å². The van der Waals surface area contributed by atoms with Gasteiger partial charge in [0.05, 0.1) is 36.8 Å². The van der Waals surface area contributed by atoms with Crippen LogP contribution in [0.1, 0.15) is 23.0 Å². The monoisotopic (exact) mass is 464 g/mol. The summed E-state index contributed by atoms with van der Waals surface area (Å²) in [5, 5.41) is 2.74. The molecule has 0 aliphatic carbocycles. The van der Waals surface area contributed by atoms with E-state index in [0.717, 1.165) is 0 Å². The van der Waals surface area contributed by atoms with Crippen molar-refractivity contribution < 1.29 is 28.0 Å². The van der Waals surface area contributed by atoms with Crippen LogP contribution < -0.4 is 14.8 Å². The summed E-state index contributed by atoms with van der Waals surface area (Å²) in [6.45, 7) is 4.61. The van der Waals surface area contributed by atoms with Gasteiger partial charge in [0.15, 0.2) is 5.69 Å². The molecule has 1 saturated heterocycles. The van der Waals surface area contributed by atoms with E-state index in [4.69, 9.17) is 9.47 Å². The maximum atomic E-state index is 13.5. The molecule has 3 heterocycles. The lowest BCUT2D eigenvalue weighted by molar-refractivity contribution is 0.101. The quantitative estimate of drug-likeness (QED) is 0.675. The van der Waals surface area contributed by atoms with Crippen molar-refractivity contribution in [3.63, 3.8) is 0 Å². The molecule has 11 heteroatoms. The third-order valence-electron chi connectivity index (χ3n) is 5.60. The molecule has 0 radical (unpaired) electrons. The van der Waals surface area contributed by atoms with Crippen molar-refractivity contribution in [1.29, 1.82) is 0 Å². The molecule has 3 unspecified atom stereocenters. The zero-order valence-electron chi connectivity index (χ0n) is 18.0. The van der Waals surface area contributed by atoms with E-state index in [9.17, 15) is 18.5 Å². The predicted molar refractivity (Wildman–Crippen MR) is 115 cm³/mol. The van der Waals surface area contributed by atoms with Gasteiger partial charge in [-0.2, -0.15) is 0 Å². The van der Waals surface area contributed by atoms with Crippen molar-refractivity contribution in [2.75, 3.05) is 31.6 Å². The molecule has 1 aromatic carbocycles. The zero-order valence-corrected chi connectivity index (χ0v) is 18.8. The Hall–Kier alpha value is -2.76. The fourth-order valence-electron chi connectivity index (χ4n) is 3.95. The number of carbonyl (C=O) groups excluding carboxylic acids is 2. The average molecular weight is 465 g/mol. The van der Waals surface area contributed by atoms with E-state index < -0.39 is 23.4 Å². The fraction of sp³-hybridized carbons (Fsp3) is 0.429. The maximum Gasteiger partial charge on any atom is 0.409 e. The molecular formula is C21H25FN4O5S. The van der Waals surface area contributed by atoms with Gasteiger partial charge in [0.25, 0.3) is 5.91 Å². The lowest BCUT2D eigenvalue weighted by Crippen LogP contribution is -2.43. The Kier molecular flexibility index (Phi) is 6.31. The van der Waals surface area contributed by atoms with Crippen LogP contribution in [0.4, 0.5) is 14.9 Å². The highest BCUT2D eigenvalue weighted by Crippen LogP contribution is 2.34. The third kappa shape index (κ3) is 4.27. The second kappa shape index (κ2) is 9.00. The summed E-state index contributed by atoms with van der Waals surface area (Å²) in [5.41, 5.74) is 1.05. The number of ether oxygens (including phenoxy) is 2. The number of rotatable bonds is 3. The topological polar surface area (TPSA) is 108 Å². The first-order chi connectivity index (χ1) is 15.3. The molecule has 2 aliphatic rings. The Morgan fingerprint density at radius 1 is 1.41 bits per heavy atom. The second-order valence-corrected chi connectivity index (χ2v) is 9.08. The first kappa shape index (κ1) is 22.4. The highest BCUT2D eigenvalue weighted by atomic mass is 32.2. The number of hydrogen-bond donors (Lipinski definition) is 2. The normalized spacial score (nSPS) is 22.3. The van der Waals surface area contributed by atoms with Gasteiger partial charge in [-0.3, -0.25) is 4.79 Å². The van der Waals surface area contributed by atoms with E-state index in [-0.39, 0.29) is 42.4 Å². The molecule has 172 valence electrons. The third-order valence-corrected chi connectivity index (χ3v) is 6.81. The Morgan fingerprint density at radius 2 is 2.19 bits per heavy atom. The van der Waals surface area contributed by atoms with Crippen molar-refractivity contribution >= 4 is 29.0 Å². The fourth-order valence-corrected chi connectivity index (χ4v) is 5.20. The summed E-state index contributed by atoms with van der Waals surface area (Å²) in [6.07, 6.45) is 1.17. The van der Waals surface area contributed by atoms with Crippen LogP contribution in [-0.4, -0.2) is 58.4 Å². The van der Waals surface area contributed by atoms with Crippen LogP contribution in [-0.2, 0) is 23.1 Å². The number of nitrogens with zero attached hydrogens (tertiary/aromatic N) is 2. The van der Waals surface area contributed by atoms with Crippen molar-refractivity contribution in [1.82, 2.24) is 14.2 Å². The van der Waals surface area contributed by atoms with Crippen LogP contribution >= 0.6 is 0 Å². The molecule has 1 fully saturated rings. The van der Waals surface area contributed by atoms with Gasteiger partial charge >= 0.3 is 6.09 Å². The van der Waals surface area contributed by atoms with Crippen molar-refractivity contribution in [3.8, 4) is 5.75 Å². The minimum atomic E-state index is -1.65. The van der Waals surface area contributed by atoms with E-state index >= 15 is 0 Å². The first-order valence-electron chi connectivity index (χ1n) is 10.3. The standard InChI is InChI=1S/C21H25FN4O5S/c1-4-30-21(28)26-8-13-11-31-19-17(32(29)24-16(13)9-26)10-25(3)18(19)20(27)23-14-5-6-15(22)12(2)7-14/h5-7,10,13,16,24H,4,8-9,11H2,1-3H3,(H,23,27). The van der Waals surface area contributed by atoms with Crippen LogP contribution in [0.25, 0.3) is 0 Å². The van der Waals surface area contributed by atoms with E-state index in [0.29, 0.717) is 29.2 Å². The summed E-state index contributed by atoms with van der Waals surface area (Å²) < 4.78 is 42.3. The Balaban J connectivity index is 1.56. The number of amides is 2. The smallest absolute Gasteiger partial charge is 0.409 e. The summed E-state index contributed by atoms with van der Waals surface area (Å²) in [5.74, 6) is -0.719. The van der Waals surface area contributed by atoms with Crippen LogP contribution in [0.5, 0.6) is 5.75 Å². The maximum absolute atomic E-state index is 13.5. The lowest BCUT2D eigenvalue weighted by Gasteiger charge is -2.24. The van der Waals surface area contributed by atoms with Crippen LogP contribution in [0, 0.1) is 18.7 Å². The molecule has 3 atom stereocenters. The van der Waals surface area contributed by atoms with Crippen molar-refractivity contribution in [3.05, 3.63) is 41.5 Å². The number of fused-ring (bicyclic) bond motifs is 2. The predicted octanol–water partition coefficient (Wildman–Crippen LogP) is 2.19. The van der Waals surface area contributed by atoms with Gasteiger partial charge in [-0.05, 0) is 37.6 Å². The molecule has 2 aliphatic heterocycles. The van der Waals surface area contributed by atoms with Gasteiger partial charge < -0.3 is 28.8 Å². The first-order valence-corrected chi connectivity index (χ1v) is 11.4. The number of carbonyl (C=O) groups is 2. The van der Waals surface area contributed by atoms with Crippen molar-refractivity contribution in [2.45, 2.75) is 24.8 Å². The molecule has 2 N–H and O–H groups in total. The number of aryl methyl sites for hydroxylation is 2. The number of anilines is 1. The molecule has 2 aromatic rings. The lowest BCUT2D eigenvalue weighted by atomic mass is 10.1. The minimum absolute atomic E-state index is 0.118. The van der Waals surface area contributed by atoms with Gasteiger partial charge in [0.1, 0.15) is 5.82 Å². The molecule has 0 saturated carbocycles. The van der Waals surface area contributed by atoms with Crippen LogP contribution in [0.15, 0.2) is 29.3 Å². The molecule has 0 bridgehead atoms. The zero-order chi connectivity index (χ0) is 23.0. The number of nitrogens with one attached hydrogen (secondary N) is 2. The van der Waals surface area contributed by atoms with Gasteiger partial charge in [0, 0.05) is 31.7 Å². The summed E-state index contributed by atoms with van der Waals surface area (Å²) in [4.78, 5) is 27.0. The molecule has 2 amide bonds. The molecule has 32 heavy (non-hydrogen) atoms. The molecule has 0 spiro atoms. The highest BCUT2D eigenvalue weighted by molar-refractivity contribution is 7.89. The highest BCUT2D eigenvalue weighted by Gasteiger charge is 2.43. The number of likely N-dealkylation sites (tertiary alicyclic amines) is 1. The van der Waals surface area contributed by atoms with Gasteiger partial charge in [-0.25, -0.2) is 9.18 Å². The average Bonchev–Trinajstić information content (AvgIpc) is 3.28. The van der Waals surface area contributed by atoms with E-state index in [1.165, 1.54) is 18.2 Å². The summed E-state index contributed by atoms with van der Waals surface area (Å²) in [7, 11) is 1.67. The van der Waals surface area contributed by atoms with Crippen molar-refractivity contribution in [2.24, 2.45) is 13.0 Å². The summed E-state index contributed by atoms with van der Waals surface area (Å²) >= 11 is -1.65. The Morgan fingerprint density at radius 3 is 2.91 bits per heavy atom. The summed E-state index contributed by atoms with van der Waals surface area (Å²) in [6, 6.07) is 4.06. The van der Waals surface area contributed by atoms with E-state index in [2.05, 4.69) is 10.0 Å². The Bertz CT molecular complexity index is 1050. The van der Waals surface area contributed by atoms with E-state index in [1.807, 2.05) is 0 Å². The van der Waals surface area contributed by atoms with E-state index in [1.54, 1.807) is 36.6 Å². The largest absolute Gasteiger partial charge is 0.593 e. The van der Waals surface area contributed by atoms with Crippen LogP contribution in [0.3, 0.4) is 0 Å². The molecule has 1 aromatic heterocycles. The molecular weight excluding hydrogens is 439 g/mol.